The molecular weight excluding hydrogens is 412 g/mol. The van der Waals surface area contributed by atoms with Crippen LogP contribution < -0.4 is 4.74 Å². The lowest BCUT2D eigenvalue weighted by Gasteiger charge is -2.33. The number of benzene rings is 2. The summed E-state index contributed by atoms with van der Waals surface area (Å²) in [7, 11) is 0. The van der Waals surface area contributed by atoms with Crippen molar-refractivity contribution < 1.29 is 14.3 Å². The van der Waals surface area contributed by atoms with Gasteiger partial charge in [-0.2, -0.15) is 0 Å². The predicted octanol–water partition coefficient (Wildman–Crippen LogP) is 6.33. The first-order valence-electron chi connectivity index (χ1n) is 10.6. The molecule has 2 heterocycles. The summed E-state index contributed by atoms with van der Waals surface area (Å²) in [5.41, 5.74) is 1.76. The summed E-state index contributed by atoms with van der Waals surface area (Å²) < 4.78 is 11.6. The quantitative estimate of drug-likeness (QED) is 0.448. The highest BCUT2D eigenvalue weighted by atomic mass is 35.5. The van der Waals surface area contributed by atoms with E-state index in [1.807, 2.05) is 45.0 Å². The molecule has 4 rings (SSSR count). The zero-order valence-corrected chi connectivity index (χ0v) is 18.9. The molecule has 0 N–H and O–H groups in total. The fourth-order valence-corrected chi connectivity index (χ4v) is 3.95. The number of rotatable bonds is 3. The molecular formula is C25H27ClN2O3. The number of amides is 1. The lowest BCUT2D eigenvalue weighted by atomic mass is 10.0. The van der Waals surface area contributed by atoms with Gasteiger partial charge in [-0.1, -0.05) is 35.9 Å². The normalized spacial score (nSPS) is 15.2. The van der Waals surface area contributed by atoms with Gasteiger partial charge >= 0.3 is 6.09 Å². The van der Waals surface area contributed by atoms with E-state index >= 15 is 0 Å². The first-order valence-corrected chi connectivity index (χ1v) is 11.0. The molecule has 0 radical (unpaired) electrons. The number of nitrogens with zero attached hydrogens (tertiary/aromatic N) is 2. The SMILES string of the molecule is CC(C)(C)OC(=O)N1CCC(Oc2ccc(-c3ccc4c(Cl)nccc4c3)cc2)CC1. The van der Waals surface area contributed by atoms with Gasteiger partial charge in [0.15, 0.2) is 0 Å². The molecule has 31 heavy (non-hydrogen) atoms. The van der Waals surface area contributed by atoms with E-state index in [0.717, 1.165) is 40.5 Å². The number of fused-ring (bicyclic) bond motifs is 1. The summed E-state index contributed by atoms with van der Waals surface area (Å²) in [5.74, 6) is 0.840. The third kappa shape index (κ3) is 5.28. The Balaban J connectivity index is 1.36. The summed E-state index contributed by atoms with van der Waals surface area (Å²) in [6.07, 6.45) is 3.16. The number of hydrogen-bond acceptors (Lipinski definition) is 4. The van der Waals surface area contributed by atoms with Crippen LogP contribution in [0.25, 0.3) is 21.9 Å². The average molecular weight is 439 g/mol. The summed E-state index contributed by atoms with van der Waals surface area (Å²) in [6, 6.07) is 16.3. The van der Waals surface area contributed by atoms with Crippen molar-refractivity contribution in [2.24, 2.45) is 0 Å². The predicted molar refractivity (Wildman–Crippen MR) is 124 cm³/mol. The zero-order chi connectivity index (χ0) is 22.0. The van der Waals surface area contributed by atoms with Crippen LogP contribution in [-0.4, -0.2) is 40.8 Å². The Kier molecular flexibility index (Phi) is 6.05. The van der Waals surface area contributed by atoms with Crippen molar-refractivity contribution in [3.05, 3.63) is 59.9 Å². The third-order valence-electron chi connectivity index (χ3n) is 5.30. The number of ether oxygens (including phenoxy) is 2. The Morgan fingerprint density at radius 3 is 2.39 bits per heavy atom. The molecule has 162 valence electrons. The Morgan fingerprint density at radius 2 is 1.71 bits per heavy atom. The Morgan fingerprint density at radius 1 is 1.03 bits per heavy atom. The topological polar surface area (TPSA) is 51.7 Å². The molecule has 0 spiro atoms. The van der Waals surface area contributed by atoms with Crippen molar-refractivity contribution >= 4 is 28.5 Å². The van der Waals surface area contributed by atoms with E-state index < -0.39 is 5.60 Å². The lowest BCUT2D eigenvalue weighted by Crippen LogP contribution is -2.44. The molecule has 0 unspecified atom stereocenters. The molecule has 1 fully saturated rings. The molecule has 2 aromatic carbocycles. The number of piperidine rings is 1. The fourth-order valence-electron chi connectivity index (χ4n) is 3.72. The second-order valence-electron chi connectivity index (χ2n) is 8.85. The van der Waals surface area contributed by atoms with Gasteiger partial charge in [-0.3, -0.25) is 0 Å². The molecule has 1 aromatic heterocycles. The van der Waals surface area contributed by atoms with Crippen molar-refractivity contribution in [2.45, 2.75) is 45.3 Å². The van der Waals surface area contributed by atoms with E-state index in [1.165, 1.54) is 0 Å². The van der Waals surface area contributed by atoms with Crippen molar-refractivity contribution in [2.75, 3.05) is 13.1 Å². The van der Waals surface area contributed by atoms with Crippen LogP contribution in [0.2, 0.25) is 5.15 Å². The maximum absolute atomic E-state index is 12.2. The van der Waals surface area contributed by atoms with Crippen LogP contribution in [0.5, 0.6) is 5.75 Å². The summed E-state index contributed by atoms with van der Waals surface area (Å²) in [5, 5.41) is 2.53. The van der Waals surface area contributed by atoms with Gasteiger partial charge < -0.3 is 14.4 Å². The largest absolute Gasteiger partial charge is 0.490 e. The maximum Gasteiger partial charge on any atom is 0.410 e. The molecule has 0 saturated carbocycles. The average Bonchev–Trinajstić information content (AvgIpc) is 2.73. The smallest absolute Gasteiger partial charge is 0.410 e. The van der Waals surface area contributed by atoms with Gasteiger partial charge in [0.05, 0.1) is 0 Å². The standard InChI is InChI=1S/C25H27ClN2O3/c1-25(2,3)31-24(29)28-14-11-21(12-15-28)30-20-7-4-17(5-8-20)18-6-9-22-19(16-18)10-13-27-23(22)26/h4-10,13,16,21H,11-12,14-15H2,1-3H3. The van der Waals surface area contributed by atoms with E-state index in [4.69, 9.17) is 21.1 Å². The van der Waals surface area contributed by atoms with Crippen LogP contribution in [0.4, 0.5) is 4.79 Å². The number of likely N-dealkylation sites (tertiary alicyclic amines) is 1. The first-order chi connectivity index (χ1) is 14.8. The van der Waals surface area contributed by atoms with Gasteiger partial charge in [-0.15, -0.1) is 0 Å². The molecule has 3 aromatic rings. The first kappa shape index (κ1) is 21.4. The molecule has 5 nitrogen and oxygen atoms in total. The van der Waals surface area contributed by atoms with E-state index in [1.54, 1.807) is 11.1 Å². The van der Waals surface area contributed by atoms with Crippen LogP contribution in [0.15, 0.2) is 54.7 Å². The molecule has 0 aliphatic carbocycles. The highest BCUT2D eigenvalue weighted by Crippen LogP contribution is 2.29. The van der Waals surface area contributed by atoms with Gasteiger partial charge in [0, 0.05) is 37.5 Å². The number of carbonyl (C=O) groups excluding carboxylic acids is 1. The molecule has 6 heteroatoms. The molecule has 1 saturated heterocycles. The van der Waals surface area contributed by atoms with E-state index in [9.17, 15) is 4.79 Å². The third-order valence-corrected chi connectivity index (χ3v) is 5.60. The van der Waals surface area contributed by atoms with Crippen molar-refractivity contribution in [3.63, 3.8) is 0 Å². The molecule has 1 aliphatic heterocycles. The summed E-state index contributed by atoms with van der Waals surface area (Å²) in [6.45, 7) is 6.94. The van der Waals surface area contributed by atoms with Crippen molar-refractivity contribution in [1.29, 1.82) is 0 Å². The maximum atomic E-state index is 12.2. The monoisotopic (exact) mass is 438 g/mol. The number of carbonyl (C=O) groups is 1. The summed E-state index contributed by atoms with van der Waals surface area (Å²) >= 11 is 6.17. The molecule has 1 aliphatic rings. The van der Waals surface area contributed by atoms with E-state index in [-0.39, 0.29) is 12.2 Å². The van der Waals surface area contributed by atoms with E-state index in [0.29, 0.717) is 18.2 Å². The summed E-state index contributed by atoms with van der Waals surface area (Å²) in [4.78, 5) is 18.1. The molecule has 0 atom stereocenters. The van der Waals surface area contributed by atoms with Gasteiger partial charge in [-0.05, 0) is 61.5 Å². The lowest BCUT2D eigenvalue weighted by molar-refractivity contribution is 0.0126. The fraction of sp³-hybridized carbons (Fsp3) is 0.360. The zero-order valence-electron chi connectivity index (χ0n) is 18.1. The van der Waals surface area contributed by atoms with Crippen LogP contribution >= 0.6 is 11.6 Å². The number of halogens is 1. The van der Waals surface area contributed by atoms with Gasteiger partial charge in [0.1, 0.15) is 22.6 Å². The van der Waals surface area contributed by atoms with Gasteiger partial charge in [0.25, 0.3) is 0 Å². The number of aromatic nitrogens is 1. The van der Waals surface area contributed by atoms with Gasteiger partial charge in [-0.25, -0.2) is 9.78 Å². The van der Waals surface area contributed by atoms with Crippen molar-refractivity contribution in [3.8, 4) is 16.9 Å². The van der Waals surface area contributed by atoms with Crippen molar-refractivity contribution in [1.82, 2.24) is 9.88 Å². The van der Waals surface area contributed by atoms with Gasteiger partial charge in [0.2, 0.25) is 0 Å². The highest BCUT2D eigenvalue weighted by molar-refractivity contribution is 6.34. The van der Waals surface area contributed by atoms with Crippen LogP contribution in [0.1, 0.15) is 33.6 Å². The van der Waals surface area contributed by atoms with Crippen LogP contribution in [-0.2, 0) is 4.74 Å². The molecule has 0 bridgehead atoms. The van der Waals surface area contributed by atoms with Crippen LogP contribution in [0, 0.1) is 0 Å². The second-order valence-corrected chi connectivity index (χ2v) is 9.20. The Hall–Kier alpha value is -2.79. The Bertz CT molecular complexity index is 1070. The highest BCUT2D eigenvalue weighted by Gasteiger charge is 2.27. The second kappa shape index (κ2) is 8.75. The minimum atomic E-state index is -0.472. The number of pyridine rings is 1. The minimum absolute atomic E-state index is 0.0971. The molecule has 1 amide bonds. The minimum Gasteiger partial charge on any atom is -0.490 e. The Labute approximate surface area is 187 Å². The van der Waals surface area contributed by atoms with E-state index in [2.05, 4.69) is 29.2 Å². The number of hydrogen-bond donors (Lipinski definition) is 0. The van der Waals surface area contributed by atoms with Crippen LogP contribution in [0.3, 0.4) is 0 Å².